The Labute approximate surface area is 127 Å². The lowest BCUT2D eigenvalue weighted by molar-refractivity contribution is 0.507. The molecule has 0 nitrogen and oxygen atoms in total. The van der Waals surface area contributed by atoms with Crippen LogP contribution in [0.25, 0.3) is 0 Å². The summed E-state index contributed by atoms with van der Waals surface area (Å²) in [6.45, 7) is 6.41. The van der Waals surface area contributed by atoms with Crippen LogP contribution in [0, 0.1) is 11.6 Å². The molecular weight excluding hydrogens is 322 g/mol. The van der Waals surface area contributed by atoms with E-state index in [2.05, 4.69) is 42.8 Å². The maximum atomic E-state index is 13.4. The molecule has 0 bridgehead atoms. The average molecular weight is 339 g/mol. The van der Waals surface area contributed by atoms with Crippen molar-refractivity contribution in [1.82, 2.24) is 0 Å². The van der Waals surface area contributed by atoms with Crippen LogP contribution in [0.15, 0.2) is 42.5 Å². The minimum Gasteiger partial charge on any atom is -0.204 e. The van der Waals surface area contributed by atoms with Crippen molar-refractivity contribution in [3.05, 3.63) is 70.8 Å². The fourth-order valence-electron chi connectivity index (χ4n) is 2.25. The summed E-state index contributed by atoms with van der Waals surface area (Å²) in [4.78, 5) is -0.159. The molecule has 0 heterocycles. The molecule has 3 heteroatoms. The number of hydrogen-bond donors (Lipinski definition) is 0. The summed E-state index contributed by atoms with van der Waals surface area (Å²) in [5, 5.41) is 0. The van der Waals surface area contributed by atoms with Crippen LogP contribution in [0.2, 0.25) is 0 Å². The topological polar surface area (TPSA) is 0 Å². The molecule has 0 spiro atoms. The average Bonchev–Trinajstić information content (AvgIpc) is 2.40. The van der Waals surface area contributed by atoms with Crippen molar-refractivity contribution >= 4 is 15.9 Å². The van der Waals surface area contributed by atoms with Crippen molar-refractivity contribution in [3.8, 4) is 0 Å². The quantitative estimate of drug-likeness (QED) is 0.612. The van der Waals surface area contributed by atoms with E-state index in [1.165, 1.54) is 17.7 Å². The SMILES string of the molecule is CC(C)(C)c1ccccc1C(Br)c1ccc(F)c(F)c1. The van der Waals surface area contributed by atoms with Crippen molar-refractivity contribution in [1.29, 1.82) is 0 Å². The van der Waals surface area contributed by atoms with Crippen molar-refractivity contribution in [3.63, 3.8) is 0 Å². The van der Waals surface area contributed by atoms with E-state index in [0.29, 0.717) is 5.56 Å². The second-order valence-corrected chi connectivity index (χ2v) is 6.79. The Kier molecular flexibility index (Phi) is 4.28. The summed E-state index contributed by atoms with van der Waals surface area (Å²) in [6.07, 6.45) is 0. The third-order valence-corrected chi connectivity index (χ3v) is 4.30. The molecule has 1 atom stereocenters. The van der Waals surface area contributed by atoms with Gasteiger partial charge in [-0.3, -0.25) is 0 Å². The molecule has 0 N–H and O–H groups in total. The molecule has 1 unspecified atom stereocenters. The summed E-state index contributed by atoms with van der Waals surface area (Å²) in [5.74, 6) is -1.64. The van der Waals surface area contributed by atoms with Crippen LogP contribution in [-0.4, -0.2) is 0 Å². The van der Waals surface area contributed by atoms with Crippen LogP contribution < -0.4 is 0 Å². The number of benzene rings is 2. The Morgan fingerprint density at radius 3 is 2.20 bits per heavy atom. The Hall–Kier alpha value is -1.22. The van der Waals surface area contributed by atoms with E-state index in [1.54, 1.807) is 6.07 Å². The summed E-state index contributed by atoms with van der Waals surface area (Å²) < 4.78 is 26.4. The molecular formula is C17H17BrF2. The van der Waals surface area contributed by atoms with E-state index < -0.39 is 11.6 Å². The van der Waals surface area contributed by atoms with Gasteiger partial charge >= 0.3 is 0 Å². The minimum absolute atomic E-state index is 0.0127. The fourth-order valence-corrected chi connectivity index (χ4v) is 2.93. The highest BCUT2D eigenvalue weighted by atomic mass is 79.9. The van der Waals surface area contributed by atoms with Gasteiger partial charge in [-0.05, 0) is 34.2 Å². The van der Waals surface area contributed by atoms with E-state index in [0.717, 1.165) is 5.56 Å². The van der Waals surface area contributed by atoms with Gasteiger partial charge in [0.15, 0.2) is 11.6 Å². The van der Waals surface area contributed by atoms with Gasteiger partial charge in [0.1, 0.15) is 0 Å². The van der Waals surface area contributed by atoms with Gasteiger partial charge in [-0.25, -0.2) is 8.78 Å². The van der Waals surface area contributed by atoms with Crippen LogP contribution in [0.1, 0.15) is 42.3 Å². The first-order valence-electron chi connectivity index (χ1n) is 6.49. The molecule has 2 rings (SSSR count). The van der Waals surface area contributed by atoms with Crippen LogP contribution in [0.4, 0.5) is 8.78 Å². The summed E-state index contributed by atoms with van der Waals surface area (Å²) >= 11 is 3.61. The highest BCUT2D eigenvalue weighted by Crippen LogP contribution is 2.37. The predicted molar refractivity (Wildman–Crippen MR) is 82.3 cm³/mol. The first-order chi connectivity index (χ1) is 9.30. The van der Waals surface area contributed by atoms with Crippen molar-refractivity contribution in [2.75, 3.05) is 0 Å². The molecule has 0 aliphatic heterocycles. The van der Waals surface area contributed by atoms with Crippen molar-refractivity contribution < 1.29 is 8.78 Å². The zero-order chi connectivity index (χ0) is 14.9. The Bertz CT molecular complexity index is 615. The predicted octanol–water partition coefficient (Wildman–Crippen LogP) is 5.75. The van der Waals surface area contributed by atoms with Gasteiger partial charge in [-0.15, -0.1) is 0 Å². The van der Waals surface area contributed by atoms with Gasteiger partial charge in [0.2, 0.25) is 0 Å². The molecule has 0 radical (unpaired) electrons. The molecule has 0 aliphatic rings. The lowest BCUT2D eigenvalue weighted by Crippen LogP contribution is -2.15. The maximum Gasteiger partial charge on any atom is 0.159 e. The van der Waals surface area contributed by atoms with E-state index in [1.807, 2.05) is 18.2 Å². The van der Waals surface area contributed by atoms with Gasteiger partial charge < -0.3 is 0 Å². The van der Waals surface area contributed by atoms with Crippen LogP contribution in [0.3, 0.4) is 0 Å². The Morgan fingerprint density at radius 1 is 0.950 bits per heavy atom. The van der Waals surface area contributed by atoms with E-state index in [4.69, 9.17) is 0 Å². The van der Waals surface area contributed by atoms with Crippen LogP contribution >= 0.6 is 15.9 Å². The van der Waals surface area contributed by atoms with E-state index >= 15 is 0 Å². The normalized spacial score (nSPS) is 13.3. The molecule has 0 aromatic heterocycles. The number of alkyl halides is 1. The number of rotatable bonds is 2. The number of hydrogen-bond acceptors (Lipinski definition) is 0. The second-order valence-electron chi connectivity index (χ2n) is 5.87. The monoisotopic (exact) mass is 338 g/mol. The molecule has 0 aliphatic carbocycles. The van der Waals surface area contributed by atoms with E-state index in [9.17, 15) is 8.78 Å². The first-order valence-corrected chi connectivity index (χ1v) is 7.40. The zero-order valence-electron chi connectivity index (χ0n) is 11.8. The molecule has 20 heavy (non-hydrogen) atoms. The van der Waals surface area contributed by atoms with Gasteiger partial charge in [-0.2, -0.15) is 0 Å². The summed E-state index contributed by atoms with van der Waals surface area (Å²) in [5.41, 5.74) is 2.96. The lowest BCUT2D eigenvalue weighted by Gasteiger charge is -2.25. The molecule has 2 aromatic rings. The fraction of sp³-hybridized carbons (Fsp3) is 0.294. The third-order valence-electron chi connectivity index (χ3n) is 3.28. The molecule has 0 fully saturated rings. The van der Waals surface area contributed by atoms with Crippen molar-refractivity contribution in [2.45, 2.75) is 31.0 Å². The highest BCUT2D eigenvalue weighted by Gasteiger charge is 2.22. The van der Waals surface area contributed by atoms with Gasteiger partial charge in [0, 0.05) is 0 Å². The Morgan fingerprint density at radius 2 is 1.60 bits per heavy atom. The summed E-state index contributed by atoms with van der Waals surface area (Å²) in [7, 11) is 0. The van der Waals surface area contributed by atoms with Crippen LogP contribution in [0.5, 0.6) is 0 Å². The molecule has 0 amide bonds. The largest absolute Gasteiger partial charge is 0.204 e. The number of halogens is 3. The van der Waals surface area contributed by atoms with Gasteiger partial charge in [0.05, 0.1) is 4.83 Å². The highest BCUT2D eigenvalue weighted by molar-refractivity contribution is 9.09. The van der Waals surface area contributed by atoms with Gasteiger partial charge in [-0.1, -0.05) is 67.0 Å². The standard InChI is InChI=1S/C17H17BrF2/c1-17(2,3)13-7-5-4-6-12(13)16(18)11-8-9-14(19)15(20)10-11/h4-10,16H,1-3H3. The third kappa shape index (κ3) is 3.09. The summed E-state index contributed by atoms with van der Waals surface area (Å²) in [6, 6.07) is 12.1. The molecule has 2 aromatic carbocycles. The smallest absolute Gasteiger partial charge is 0.159 e. The first kappa shape index (κ1) is 15.2. The lowest BCUT2D eigenvalue weighted by atomic mass is 9.82. The van der Waals surface area contributed by atoms with Crippen molar-refractivity contribution in [2.24, 2.45) is 0 Å². The molecule has 106 valence electrons. The molecule has 0 saturated carbocycles. The van der Waals surface area contributed by atoms with Crippen LogP contribution in [-0.2, 0) is 5.41 Å². The second kappa shape index (κ2) is 5.65. The van der Waals surface area contributed by atoms with Gasteiger partial charge in [0.25, 0.3) is 0 Å². The minimum atomic E-state index is -0.822. The zero-order valence-corrected chi connectivity index (χ0v) is 13.3. The van der Waals surface area contributed by atoms with E-state index in [-0.39, 0.29) is 10.2 Å². The maximum absolute atomic E-state index is 13.4. The molecule has 0 saturated heterocycles. The Balaban J connectivity index is 2.48.